The number of hydrogen-bond acceptors (Lipinski definition) is 3. The Morgan fingerprint density at radius 3 is 2.75 bits per heavy atom. The van der Waals surface area contributed by atoms with Gasteiger partial charge in [-0.1, -0.05) is 12.1 Å². The molecule has 1 aromatic carbocycles. The normalized spacial score (nSPS) is 13.1. The zero-order valence-corrected chi connectivity index (χ0v) is 11.0. The highest BCUT2D eigenvalue weighted by Gasteiger charge is 2.22. The van der Waals surface area contributed by atoms with Crippen LogP contribution in [0, 0.1) is 23.1 Å². The summed E-state index contributed by atoms with van der Waals surface area (Å²) in [4.78, 5) is 22.7. The molecule has 0 unspecified atom stereocenters. The molecule has 0 aliphatic heterocycles. The molecule has 1 amide bonds. The zero-order chi connectivity index (χ0) is 15.1. The minimum absolute atomic E-state index is 0.0285. The van der Waals surface area contributed by atoms with E-state index in [2.05, 4.69) is 5.32 Å². The fraction of sp³-hybridized carbons (Fsp3) is 0.357. The van der Waals surface area contributed by atoms with Crippen LogP contribution in [0.15, 0.2) is 24.3 Å². The van der Waals surface area contributed by atoms with Crippen molar-refractivity contribution in [3.63, 3.8) is 0 Å². The van der Waals surface area contributed by atoms with E-state index >= 15 is 0 Å². The van der Waals surface area contributed by atoms with E-state index in [0.717, 1.165) is 0 Å². The molecule has 0 radical (unpaired) electrons. The first-order valence-corrected chi connectivity index (χ1v) is 6.08. The average molecular weight is 278 g/mol. The Hall–Kier alpha value is -2.42. The summed E-state index contributed by atoms with van der Waals surface area (Å²) in [5.41, 5.74) is 0.458. The Labute approximate surface area is 116 Å². The fourth-order valence-corrected chi connectivity index (χ4v) is 1.71. The SMILES string of the molecule is C[C@H](C#N)C[C@H](NC(=O)Cc1cccc(F)c1)C(=O)O. The summed E-state index contributed by atoms with van der Waals surface area (Å²) in [6.45, 7) is 1.58. The quantitative estimate of drug-likeness (QED) is 0.824. The van der Waals surface area contributed by atoms with E-state index in [4.69, 9.17) is 10.4 Å². The summed E-state index contributed by atoms with van der Waals surface area (Å²) in [5, 5.41) is 20.0. The molecule has 1 rings (SSSR count). The third kappa shape index (κ3) is 5.06. The van der Waals surface area contributed by atoms with Crippen LogP contribution in [0.3, 0.4) is 0 Å². The van der Waals surface area contributed by atoms with Crippen LogP contribution >= 0.6 is 0 Å². The molecule has 0 aliphatic rings. The number of nitriles is 1. The van der Waals surface area contributed by atoms with E-state index in [-0.39, 0.29) is 12.8 Å². The first-order valence-electron chi connectivity index (χ1n) is 6.08. The number of carboxylic acid groups (broad SMARTS) is 1. The lowest BCUT2D eigenvalue weighted by Gasteiger charge is -2.15. The van der Waals surface area contributed by atoms with Gasteiger partial charge in [-0.3, -0.25) is 4.79 Å². The lowest BCUT2D eigenvalue weighted by atomic mass is 10.0. The summed E-state index contributed by atoms with van der Waals surface area (Å²) in [7, 11) is 0. The summed E-state index contributed by atoms with van der Waals surface area (Å²) < 4.78 is 13.0. The van der Waals surface area contributed by atoms with Crippen molar-refractivity contribution in [2.75, 3.05) is 0 Å². The number of amides is 1. The van der Waals surface area contributed by atoms with E-state index in [1.807, 2.05) is 6.07 Å². The molecule has 0 saturated heterocycles. The topological polar surface area (TPSA) is 90.2 Å². The van der Waals surface area contributed by atoms with Crippen molar-refractivity contribution < 1.29 is 19.1 Å². The highest BCUT2D eigenvalue weighted by atomic mass is 19.1. The first-order chi connectivity index (χ1) is 9.42. The van der Waals surface area contributed by atoms with Crippen molar-refractivity contribution >= 4 is 11.9 Å². The molecule has 0 fully saturated rings. The van der Waals surface area contributed by atoms with E-state index in [1.54, 1.807) is 13.0 Å². The van der Waals surface area contributed by atoms with Crippen LogP contribution in [-0.4, -0.2) is 23.0 Å². The van der Waals surface area contributed by atoms with Crippen LogP contribution in [0.2, 0.25) is 0 Å². The van der Waals surface area contributed by atoms with Gasteiger partial charge in [0.05, 0.1) is 12.5 Å². The molecule has 0 heterocycles. The Balaban J connectivity index is 2.63. The zero-order valence-electron chi connectivity index (χ0n) is 11.0. The van der Waals surface area contributed by atoms with Crippen LogP contribution in [0.1, 0.15) is 18.9 Å². The van der Waals surface area contributed by atoms with Gasteiger partial charge in [-0.25, -0.2) is 9.18 Å². The van der Waals surface area contributed by atoms with Crippen molar-refractivity contribution in [3.8, 4) is 6.07 Å². The number of benzene rings is 1. The summed E-state index contributed by atoms with van der Waals surface area (Å²) in [5.74, 6) is -2.65. The fourth-order valence-electron chi connectivity index (χ4n) is 1.71. The van der Waals surface area contributed by atoms with Gasteiger partial charge in [-0.15, -0.1) is 0 Å². The molecule has 106 valence electrons. The standard InChI is InChI=1S/C14H15FN2O3/c1-9(8-16)5-12(14(19)20)17-13(18)7-10-3-2-4-11(15)6-10/h2-4,6,9,12H,5,7H2,1H3,(H,17,18)(H,19,20)/t9-,12-/m0/s1. The Bertz CT molecular complexity index is 539. The van der Waals surface area contributed by atoms with Crippen molar-refractivity contribution in [1.29, 1.82) is 5.26 Å². The van der Waals surface area contributed by atoms with Crippen LogP contribution in [-0.2, 0) is 16.0 Å². The van der Waals surface area contributed by atoms with Gasteiger partial charge in [0.15, 0.2) is 0 Å². The van der Waals surface area contributed by atoms with E-state index in [0.29, 0.717) is 5.56 Å². The van der Waals surface area contributed by atoms with E-state index < -0.39 is 29.7 Å². The number of rotatable bonds is 6. The number of nitrogens with one attached hydrogen (secondary N) is 1. The second kappa shape index (κ2) is 7.24. The van der Waals surface area contributed by atoms with Gasteiger partial charge >= 0.3 is 5.97 Å². The molecule has 20 heavy (non-hydrogen) atoms. The third-order valence-electron chi connectivity index (χ3n) is 2.70. The number of carbonyl (C=O) groups is 2. The predicted octanol–water partition coefficient (Wildman–Crippen LogP) is 1.49. The van der Waals surface area contributed by atoms with Gasteiger partial charge in [0.1, 0.15) is 11.9 Å². The van der Waals surface area contributed by atoms with Crippen LogP contribution in [0.4, 0.5) is 4.39 Å². The molecule has 5 nitrogen and oxygen atoms in total. The number of halogens is 1. The molecule has 0 spiro atoms. The van der Waals surface area contributed by atoms with Gasteiger partial charge in [0.25, 0.3) is 0 Å². The maximum Gasteiger partial charge on any atom is 0.326 e. The van der Waals surface area contributed by atoms with Crippen LogP contribution < -0.4 is 5.32 Å². The summed E-state index contributed by atoms with van der Waals surface area (Å²) >= 11 is 0. The second-order valence-electron chi connectivity index (χ2n) is 4.53. The monoisotopic (exact) mass is 278 g/mol. The Kier molecular flexibility index (Phi) is 5.66. The Morgan fingerprint density at radius 1 is 1.50 bits per heavy atom. The van der Waals surface area contributed by atoms with Gasteiger partial charge in [0, 0.05) is 5.92 Å². The highest BCUT2D eigenvalue weighted by Crippen LogP contribution is 2.07. The maximum atomic E-state index is 13.0. The minimum Gasteiger partial charge on any atom is -0.480 e. The van der Waals surface area contributed by atoms with Crippen LogP contribution in [0.5, 0.6) is 0 Å². The Morgan fingerprint density at radius 2 is 2.20 bits per heavy atom. The molecule has 6 heteroatoms. The van der Waals surface area contributed by atoms with Crippen molar-refractivity contribution in [2.45, 2.75) is 25.8 Å². The minimum atomic E-state index is -1.19. The largest absolute Gasteiger partial charge is 0.480 e. The molecule has 0 bridgehead atoms. The third-order valence-corrected chi connectivity index (χ3v) is 2.70. The lowest BCUT2D eigenvalue weighted by molar-refractivity contribution is -0.142. The number of carboxylic acids is 1. The van der Waals surface area contributed by atoms with Gasteiger partial charge in [-0.05, 0) is 31.0 Å². The second-order valence-corrected chi connectivity index (χ2v) is 4.53. The molecule has 2 N–H and O–H groups in total. The average Bonchev–Trinajstić information content (AvgIpc) is 2.37. The highest BCUT2D eigenvalue weighted by molar-refractivity contribution is 5.84. The molecule has 1 aromatic rings. The molecule has 0 aromatic heterocycles. The van der Waals surface area contributed by atoms with Gasteiger partial charge in [0.2, 0.25) is 5.91 Å². The smallest absolute Gasteiger partial charge is 0.326 e. The number of nitrogens with zero attached hydrogens (tertiary/aromatic N) is 1. The van der Waals surface area contributed by atoms with Gasteiger partial charge < -0.3 is 10.4 Å². The maximum absolute atomic E-state index is 13.0. The number of aliphatic carboxylic acids is 1. The molecule has 2 atom stereocenters. The number of hydrogen-bond donors (Lipinski definition) is 2. The van der Waals surface area contributed by atoms with Crippen molar-refractivity contribution in [2.24, 2.45) is 5.92 Å². The lowest BCUT2D eigenvalue weighted by Crippen LogP contribution is -2.42. The summed E-state index contributed by atoms with van der Waals surface area (Å²) in [6.07, 6.45) is -0.0802. The first kappa shape index (κ1) is 15.6. The predicted molar refractivity (Wildman–Crippen MR) is 69.1 cm³/mol. The van der Waals surface area contributed by atoms with E-state index in [9.17, 15) is 14.0 Å². The molecule has 0 aliphatic carbocycles. The van der Waals surface area contributed by atoms with Crippen LogP contribution in [0.25, 0.3) is 0 Å². The van der Waals surface area contributed by atoms with Crippen molar-refractivity contribution in [1.82, 2.24) is 5.32 Å². The summed E-state index contributed by atoms with van der Waals surface area (Å²) in [6, 6.07) is 6.33. The van der Waals surface area contributed by atoms with E-state index in [1.165, 1.54) is 18.2 Å². The van der Waals surface area contributed by atoms with Gasteiger partial charge in [-0.2, -0.15) is 5.26 Å². The molecular weight excluding hydrogens is 263 g/mol. The molecule has 0 saturated carbocycles. The van der Waals surface area contributed by atoms with Crippen molar-refractivity contribution in [3.05, 3.63) is 35.6 Å². The molecular formula is C14H15FN2O3. The number of carbonyl (C=O) groups excluding carboxylic acids is 1.